The zero-order chi connectivity index (χ0) is 17.0. The second-order valence-electron chi connectivity index (χ2n) is 6.23. The lowest BCUT2D eigenvalue weighted by atomic mass is 9.85. The fourth-order valence-electron chi connectivity index (χ4n) is 4.15. The molecule has 0 spiro atoms. The second-order valence-corrected chi connectivity index (χ2v) is 6.23. The first-order valence-electron chi connectivity index (χ1n) is 7.70. The van der Waals surface area contributed by atoms with Crippen molar-refractivity contribution in [2.75, 3.05) is 12.0 Å². The number of imide groups is 1. The number of hydrogen-bond acceptors (Lipinski definition) is 4. The molecule has 2 aliphatic carbocycles. The van der Waals surface area contributed by atoms with Crippen LogP contribution in [0.15, 0.2) is 30.4 Å². The largest absolute Gasteiger partial charge is 0.493 e. The summed E-state index contributed by atoms with van der Waals surface area (Å²) in [7, 11) is 1.33. The molecule has 7 heteroatoms. The average molecular weight is 335 g/mol. The van der Waals surface area contributed by atoms with Crippen LogP contribution < -0.4 is 14.4 Å². The number of allylic oxidation sites excluding steroid dienone is 2. The molecule has 24 heavy (non-hydrogen) atoms. The van der Waals surface area contributed by atoms with E-state index in [4.69, 9.17) is 4.74 Å². The zero-order valence-electron chi connectivity index (χ0n) is 12.8. The fraction of sp³-hybridized carbons (Fsp3) is 0.412. The Morgan fingerprint density at radius 2 is 1.71 bits per heavy atom. The minimum atomic E-state index is -3.03. The van der Waals surface area contributed by atoms with E-state index < -0.39 is 6.61 Å². The van der Waals surface area contributed by atoms with E-state index >= 15 is 0 Å². The Labute approximate surface area is 136 Å². The van der Waals surface area contributed by atoms with Crippen molar-refractivity contribution in [1.82, 2.24) is 0 Å². The van der Waals surface area contributed by atoms with Crippen LogP contribution in [0, 0.1) is 23.7 Å². The lowest BCUT2D eigenvalue weighted by molar-refractivity contribution is -0.123. The van der Waals surface area contributed by atoms with E-state index in [1.165, 1.54) is 25.3 Å². The first-order chi connectivity index (χ1) is 11.5. The number of carbonyl (C=O) groups excluding carboxylic acids is 2. The summed E-state index contributed by atoms with van der Waals surface area (Å²) in [6.45, 7) is -3.03. The molecule has 1 heterocycles. The molecule has 1 aromatic carbocycles. The highest BCUT2D eigenvalue weighted by Crippen LogP contribution is 2.53. The van der Waals surface area contributed by atoms with Gasteiger partial charge in [0.15, 0.2) is 11.5 Å². The molecule has 1 aliphatic heterocycles. The Kier molecular flexibility index (Phi) is 3.33. The van der Waals surface area contributed by atoms with E-state index in [1.54, 1.807) is 0 Å². The van der Waals surface area contributed by atoms with Gasteiger partial charge in [-0.25, -0.2) is 4.90 Å². The number of benzene rings is 1. The third-order valence-corrected chi connectivity index (χ3v) is 5.09. The number of alkyl halides is 2. The number of carbonyl (C=O) groups is 2. The number of hydrogen-bond donors (Lipinski definition) is 0. The minimum Gasteiger partial charge on any atom is -0.493 e. The summed E-state index contributed by atoms with van der Waals surface area (Å²) < 4.78 is 34.5. The van der Waals surface area contributed by atoms with Crippen molar-refractivity contribution < 1.29 is 27.8 Å². The molecular weight excluding hydrogens is 320 g/mol. The Balaban J connectivity index is 1.69. The maximum atomic E-state index is 12.7. The van der Waals surface area contributed by atoms with E-state index in [0.717, 1.165) is 11.3 Å². The Morgan fingerprint density at radius 1 is 1.08 bits per heavy atom. The quantitative estimate of drug-likeness (QED) is 0.627. The molecule has 4 atom stereocenters. The van der Waals surface area contributed by atoms with Crippen molar-refractivity contribution in [3.8, 4) is 11.5 Å². The SMILES string of the molecule is COc1ccc(N2C(=O)[C@@H]3[C@H](C2=O)[C@H]2C=C[C@H]3C2)cc1OC(F)F. The van der Waals surface area contributed by atoms with E-state index in [-0.39, 0.29) is 52.7 Å². The van der Waals surface area contributed by atoms with Gasteiger partial charge in [-0.3, -0.25) is 9.59 Å². The molecule has 0 aromatic heterocycles. The molecule has 0 N–H and O–H groups in total. The van der Waals surface area contributed by atoms with Crippen molar-refractivity contribution in [2.45, 2.75) is 13.0 Å². The third-order valence-electron chi connectivity index (χ3n) is 5.09. The summed E-state index contributed by atoms with van der Waals surface area (Å²) in [6.07, 6.45) is 4.84. The van der Waals surface area contributed by atoms with Crippen molar-refractivity contribution in [3.05, 3.63) is 30.4 Å². The number of anilines is 1. The lowest BCUT2D eigenvalue weighted by Crippen LogP contribution is -2.32. The smallest absolute Gasteiger partial charge is 0.387 e. The molecule has 4 rings (SSSR count). The van der Waals surface area contributed by atoms with Gasteiger partial charge in [0.05, 0.1) is 24.6 Å². The fourth-order valence-corrected chi connectivity index (χ4v) is 4.15. The standard InChI is InChI=1S/C17H15F2NO4/c1-23-11-5-4-10(7-12(11)24-17(18)19)20-15(21)13-8-2-3-9(6-8)14(13)16(20)22/h2-5,7-9,13-14,17H,6H2,1H3/t8-,9-,13-,14+/m0/s1. The van der Waals surface area contributed by atoms with Crippen molar-refractivity contribution in [1.29, 1.82) is 0 Å². The van der Waals surface area contributed by atoms with Crippen LogP contribution >= 0.6 is 0 Å². The topological polar surface area (TPSA) is 55.8 Å². The van der Waals surface area contributed by atoms with Crippen LogP contribution in [-0.4, -0.2) is 25.5 Å². The average Bonchev–Trinajstić information content (AvgIpc) is 3.21. The first kappa shape index (κ1) is 15.1. The molecule has 1 saturated heterocycles. The molecule has 5 nitrogen and oxygen atoms in total. The predicted octanol–water partition coefficient (Wildman–Crippen LogP) is 2.61. The van der Waals surface area contributed by atoms with Crippen LogP contribution in [0.3, 0.4) is 0 Å². The summed E-state index contributed by atoms with van der Waals surface area (Å²) in [5.41, 5.74) is 0.232. The highest BCUT2D eigenvalue weighted by atomic mass is 19.3. The summed E-state index contributed by atoms with van der Waals surface area (Å²) in [6, 6.07) is 4.16. The Bertz CT molecular complexity index is 718. The van der Waals surface area contributed by atoms with Crippen LogP contribution in [0.4, 0.5) is 14.5 Å². The maximum Gasteiger partial charge on any atom is 0.387 e. The number of methoxy groups -OCH3 is 1. The molecule has 1 aromatic rings. The molecular formula is C17H15F2NO4. The van der Waals surface area contributed by atoms with Gasteiger partial charge < -0.3 is 9.47 Å². The Morgan fingerprint density at radius 3 is 2.25 bits per heavy atom. The van der Waals surface area contributed by atoms with E-state index in [1.807, 2.05) is 12.2 Å². The number of halogens is 2. The van der Waals surface area contributed by atoms with Gasteiger partial charge >= 0.3 is 6.61 Å². The van der Waals surface area contributed by atoms with Crippen LogP contribution in [0.2, 0.25) is 0 Å². The lowest BCUT2D eigenvalue weighted by Gasteiger charge is -2.19. The summed E-state index contributed by atoms with van der Waals surface area (Å²) in [4.78, 5) is 26.5. The summed E-state index contributed by atoms with van der Waals surface area (Å²) in [5, 5.41) is 0. The van der Waals surface area contributed by atoms with Gasteiger partial charge in [0, 0.05) is 6.07 Å². The van der Waals surface area contributed by atoms with Gasteiger partial charge in [0.2, 0.25) is 11.8 Å². The van der Waals surface area contributed by atoms with Gasteiger partial charge in [-0.2, -0.15) is 8.78 Å². The van der Waals surface area contributed by atoms with Crippen LogP contribution in [0.5, 0.6) is 11.5 Å². The summed E-state index contributed by atoms with van der Waals surface area (Å²) >= 11 is 0. The van der Waals surface area contributed by atoms with E-state index in [0.29, 0.717) is 0 Å². The van der Waals surface area contributed by atoms with Crippen molar-refractivity contribution in [3.63, 3.8) is 0 Å². The van der Waals surface area contributed by atoms with Gasteiger partial charge in [-0.05, 0) is 30.4 Å². The van der Waals surface area contributed by atoms with E-state index in [2.05, 4.69) is 4.74 Å². The predicted molar refractivity (Wildman–Crippen MR) is 79.8 cm³/mol. The first-order valence-corrected chi connectivity index (χ1v) is 7.70. The zero-order valence-corrected chi connectivity index (χ0v) is 12.8. The number of fused-ring (bicyclic) bond motifs is 5. The number of nitrogens with zero attached hydrogens (tertiary/aromatic N) is 1. The monoisotopic (exact) mass is 335 g/mol. The number of amides is 2. The molecule has 2 fully saturated rings. The molecule has 0 radical (unpaired) electrons. The van der Waals surface area contributed by atoms with Crippen LogP contribution in [0.25, 0.3) is 0 Å². The minimum absolute atomic E-state index is 0.0940. The van der Waals surface area contributed by atoms with Gasteiger partial charge in [-0.15, -0.1) is 0 Å². The van der Waals surface area contributed by atoms with Crippen molar-refractivity contribution in [2.24, 2.45) is 23.7 Å². The normalized spacial score (nSPS) is 30.4. The van der Waals surface area contributed by atoms with Gasteiger partial charge in [0.1, 0.15) is 0 Å². The summed E-state index contributed by atoms with van der Waals surface area (Å²) in [5.74, 6) is -1.12. The van der Waals surface area contributed by atoms with Crippen LogP contribution in [0.1, 0.15) is 6.42 Å². The third kappa shape index (κ3) is 2.03. The molecule has 2 bridgehead atoms. The molecule has 3 aliphatic rings. The second kappa shape index (κ2) is 5.29. The van der Waals surface area contributed by atoms with Crippen molar-refractivity contribution >= 4 is 17.5 Å². The molecule has 0 unspecified atom stereocenters. The number of rotatable bonds is 4. The number of ether oxygens (including phenoxy) is 2. The Hall–Kier alpha value is -2.44. The van der Waals surface area contributed by atoms with Crippen LogP contribution in [-0.2, 0) is 9.59 Å². The molecule has 126 valence electrons. The van der Waals surface area contributed by atoms with E-state index in [9.17, 15) is 18.4 Å². The van der Waals surface area contributed by atoms with Gasteiger partial charge in [0.25, 0.3) is 0 Å². The molecule has 2 amide bonds. The highest BCUT2D eigenvalue weighted by molar-refractivity contribution is 6.22. The highest BCUT2D eigenvalue weighted by Gasteiger charge is 2.59. The molecule has 1 saturated carbocycles. The maximum absolute atomic E-state index is 12.7. The van der Waals surface area contributed by atoms with Gasteiger partial charge in [-0.1, -0.05) is 12.2 Å².